The number of fused-ring (bicyclic) bond motifs is 1. The molecule has 3 heteroatoms. The van der Waals surface area contributed by atoms with Crippen molar-refractivity contribution in [2.75, 3.05) is 13.1 Å². The van der Waals surface area contributed by atoms with E-state index in [1.165, 1.54) is 36.2 Å². The Morgan fingerprint density at radius 3 is 2.75 bits per heavy atom. The number of nitrogens with zero attached hydrogens (tertiary/aromatic N) is 1. The van der Waals surface area contributed by atoms with Crippen LogP contribution in [0.15, 0.2) is 29.3 Å². The number of halogens is 1. The molecule has 0 saturated carbocycles. The van der Waals surface area contributed by atoms with Gasteiger partial charge in [-0.1, -0.05) is 24.3 Å². The highest BCUT2D eigenvalue weighted by atomic mass is 35.5. The second-order valence-corrected chi connectivity index (χ2v) is 4.40. The van der Waals surface area contributed by atoms with Crippen molar-refractivity contribution in [2.45, 2.75) is 19.3 Å². The molecule has 1 atom stereocenters. The molecule has 2 nitrogen and oxygen atoms in total. The summed E-state index contributed by atoms with van der Waals surface area (Å²) in [6, 6.07) is 8.81. The fourth-order valence-corrected chi connectivity index (χ4v) is 2.62. The summed E-state index contributed by atoms with van der Waals surface area (Å²) in [5.74, 6) is 1.90. The van der Waals surface area contributed by atoms with Crippen molar-refractivity contribution in [3.63, 3.8) is 0 Å². The van der Waals surface area contributed by atoms with Gasteiger partial charge in [0.05, 0.1) is 12.4 Å². The largest absolute Gasteiger partial charge is 0.372 e. The predicted molar refractivity (Wildman–Crippen MR) is 69.5 cm³/mol. The van der Waals surface area contributed by atoms with Gasteiger partial charge in [0.25, 0.3) is 0 Å². The number of hydrogen-bond acceptors (Lipinski definition) is 2. The van der Waals surface area contributed by atoms with Gasteiger partial charge >= 0.3 is 0 Å². The van der Waals surface area contributed by atoms with Crippen molar-refractivity contribution < 1.29 is 0 Å². The lowest BCUT2D eigenvalue weighted by molar-refractivity contribution is 0.573. The van der Waals surface area contributed by atoms with Crippen molar-refractivity contribution in [3.8, 4) is 0 Å². The van der Waals surface area contributed by atoms with Gasteiger partial charge in [0.15, 0.2) is 0 Å². The van der Waals surface area contributed by atoms with Crippen LogP contribution >= 0.6 is 12.4 Å². The molecule has 0 bridgehead atoms. The summed E-state index contributed by atoms with van der Waals surface area (Å²) in [5.41, 5.74) is 3.05. The Labute approximate surface area is 103 Å². The van der Waals surface area contributed by atoms with Crippen LogP contribution in [-0.4, -0.2) is 18.9 Å². The Kier molecular flexibility index (Phi) is 3.49. The molecule has 1 N–H and O–H groups in total. The number of hydrogen-bond donors (Lipinski definition) is 1. The molecule has 0 amide bonds. The quantitative estimate of drug-likeness (QED) is 0.795. The molecule has 1 aromatic carbocycles. The molecule has 1 aromatic rings. The van der Waals surface area contributed by atoms with Gasteiger partial charge in [0.1, 0.15) is 0 Å². The van der Waals surface area contributed by atoms with E-state index < -0.39 is 0 Å². The summed E-state index contributed by atoms with van der Waals surface area (Å²) in [6.07, 6.45) is 3.63. The fourth-order valence-electron chi connectivity index (χ4n) is 2.62. The molecule has 16 heavy (non-hydrogen) atoms. The third kappa shape index (κ3) is 2.07. The van der Waals surface area contributed by atoms with Crippen LogP contribution in [0.3, 0.4) is 0 Å². The topological polar surface area (TPSA) is 24.4 Å². The highest BCUT2D eigenvalue weighted by molar-refractivity contribution is 5.86. The number of nitrogens with one attached hydrogen (secondary N) is 1. The number of aryl methyl sites for hydroxylation is 1. The van der Waals surface area contributed by atoms with E-state index in [0.29, 0.717) is 5.92 Å². The zero-order valence-electron chi connectivity index (χ0n) is 9.28. The lowest BCUT2D eigenvalue weighted by atomic mass is 9.83. The van der Waals surface area contributed by atoms with Crippen LogP contribution in [0.1, 0.15) is 17.5 Å². The highest BCUT2D eigenvalue weighted by Crippen LogP contribution is 2.26. The average Bonchev–Trinajstić information content (AvgIpc) is 2.82. The highest BCUT2D eigenvalue weighted by Gasteiger charge is 2.23. The third-order valence-electron chi connectivity index (χ3n) is 3.43. The first-order valence-corrected chi connectivity index (χ1v) is 5.78. The molecule has 1 unspecified atom stereocenters. The summed E-state index contributed by atoms with van der Waals surface area (Å²) < 4.78 is 0. The standard InChI is InChI=1S/C13H16N2.ClH/c1-2-4-11-9-12(6-5-10(11)3-1)13-14-7-8-15-13;/h1-4,12H,5-9H2,(H,14,15);1H. The van der Waals surface area contributed by atoms with E-state index in [0.717, 1.165) is 13.1 Å². The van der Waals surface area contributed by atoms with Crippen LogP contribution in [0.4, 0.5) is 0 Å². The SMILES string of the molecule is Cl.c1ccc2c(c1)CCC(C1=NCCN1)C2. The second-order valence-electron chi connectivity index (χ2n) is 4.40. The Hall–Kier alpha value is -1.02. The lowest BCUT2D eigenvalue weighted by Gasteiger charge is -2.24. The zero-order chi connectivity index (χ0) is 10.1. The van der Waals surface area contributed by atoms with Gasteiger partial charge < -0.3 is 5.32 Å². The van der Waals surface area contributed by atoms with Crippen LogP contribution in [-0.2, 0) is 12.8 Å². The van der Waals surface area contributed by atoms with Gasteiger partial charge in [-0.25, -0.2) is 0 Å². The van der Waals surface area contributed by atoms with Crippen molar-refractivity contribution in [1.29, 1.82) is 0 Å². The maximum atomic E-state index is 4.54. The van der Waals surface area contributed by atoms with E-state index >= 15 is 0 Å². The van der Waals surface area contributed by atoms with E-state index in [1.54, 1.807) is 0 Å². The molecule has 0 aromatic heterocycles. The minimum atomic E-state index is 0. The Bertz CT molecular complexity index is 401. The monoisotopic (exact) mass is 236 g/mol. The Morgan fingerprint density at radius 2 is 2.00 bits per heavy atom. The van der Waals surface area contributed by atoms with Gasteiger partial charge in [0.2, 0.25) is 0 Å². The van der Waals surface area contributed by atoms with Crippen LogP contribution in [0.2, 0.25) is 0 Å². The normalized spacial score (nSPS) is 22.8. The summed E-state index contributed by atoms with van der Waals surface area (Å²) in [6.45, 7) is 2.00. The molecule has 3 rings (SSSR count). The van der Waals surface area contributed by atoms with Gasteiger partial charge in [-0.05, 0) is 30.4 Å². The number of amidine groups is 1. The third-order valence-corrected chi connectivity index (χ3v) is 3.43. The first-order valence-electron chi connectivity index (χ1n) is 5.78. The van der Waals surface area contributed by atoms with Crippen LogP contribution in [0, 0.1) is 5.92 Å². The molecule has 0 saturated heterocycles. The minimum absolute atomic E-state index is 0. The van der Waals surface area contributed by atoms with E-state index in [9.17, 15) is 0 Å². The minimum Gasteiger partial charge on any atom is -0.372 e. The molecule has 0 radical (unpaired) electrons. The molecule has 2 aliphatic rings. The maximum absolute atomic E-state index is 4.54. The molecule has 86 valence electrons. The first kappa shape index (κ1) is 11.5. The van der Waals surface area contributed by atoms with Gasteiger partial charge in [-0.15, -0.1) is 12.4 Å². The molecular formula is C13H17ClN2. The second kappa shape index (κ2) is 4.88. The molecule has 1 heterocycles. The lowest BCUT2D eigenvalue weighted by Crippen LogP contribution is -2.31. The van der Waals surface area contributed by atoms with E-state index in [1.807, 2.05) is 0 Å². The number of rotatable bonds is 1. The van der Waals surface area contributed by atoms with E-state index in [-0.39, 0.29) is 12.4 Å². The number of benzene rings is 1. The average molecular weight is 237 g/mol. The summed E-state index contributed by atoms with van der Waals surface area (Å²) in [7, 11) is 0. The zero-order valence-corrected chi connectivity index (χ0v) is 10.1. The molecule has 1 aliphatic carbocycles. The predicted octanol–water partition coefficient (Wildman–Crippen LogP) is 2.21. The van der Waals surface area contributed by atoms with Crippen molar-refractivity contribution in [3.05, 3.63) is 35.4 Å². The maximum Gasteiger partial charge on any atom is 0.0999 e. The molecule has 1 aliphatic heterocycles. The van der Waals surface area contributed by atoms with Gasteiger partial charge in [0, 0.05) is 12.5 Å². The Morgan fingerprint density at radius 1 is 1.19 bits per heavy atom. The summed E-state index contributed by atoms with van der Waals surface area (Å²) in [5, 5.41) is 3.41. The summed E-state index contributed by atoms with van der Waals surface area (Å²) in [4.78, 5) is 4.54. The number of aliphatic imine (C=N–C) groups is 1. The molecular weight excluding hydrogens is 220 g/mol. The first-order chi connectivity index (χ1) is 7.43. The van der Waals surface area contributed by atoms with Gasteiger partial charge in [-0.2, -0.15) is 0 Å². The molecule has 0 spiro atoms. The fraction of sp³-hybridized carbons (Fsp3) is 0.462. The van der Waals surface area contributed by atoms with Crippen molar-refractivity contribution >= 4 is 18.2 Å². The van der Waals surface area contributed by atoms with Crippen LogP contribution in [0.25, 0.3) is 0 Å². The van der Waals surface area contributed by atoms with Crippen molar-refractivity contribution in [1.82, 2.24) is 5.32 Å². The Balaban J connectivity index is 0.000000963. The van der Waals surface area contributed by atoms with Crippen LogP contribution in [0.5, 0.6) is 0 Å². The summed E-state index contributed by atoms with van der Waals surface area (Å²) >= 11 is 0. The van der Waals surface area contributed by atoms with Crippen molar-refractivity contribution in [2.24, 2.45) is 10.9 Å². The molecule has 0 fully saturated rings. The van der Waals surface area contributed by atoms with E-state index in [2.05, 4.69) is 34.6 Å². The smallest absolute Gasteiger partial charge is 0.0999 e. The van der Waals surface area contributed by atoms with Gasteiger partial charge in [-0.3, -0.25) is 4.99 Å². The van der Waals surface area contributed by atoms with E-state index in [4.69, 9.17) is 0 Å². The van der Waals surface area contributed by atoms with Crippen LogP contribution < -0.4 is 5.32 Å².